The monoisotopic (exact) mass is 169 g/mol. The van der Waals surface area contributed by atoms with Crippen LogP contribution in [0.1, 0.15) is 0 Å². The molecule has 0 aromatic heterocycles. The molecular weight excluding hydrogens is 154 g/mol. The number of urea groups is 1. The fourth-order valence-corrected chi connectivity index (χ4v) is 1.28. The topological polar surface area (TPSA) is 26.8 Å². The summed E-state index contributed by atoms with van der Waals surface area (Å²) in [5, 5.41) is 0. The van der Waals surface area contributed by atoms with Crippen LogP contribution in [0.3, 0.4) is 0 Å². The number of hydrogen-bond donors (Lipinski definition) is 0. The Morgan fingerprint density at radius 2 is 2.00 bits per heavy atom. The third-order valence-electron chi connectivity index (χ3n) is 2.01. The van der Waals surface area contributed by atoms with Crippen LogP contribution >= 0.6 is 0 Å². The Hall–Kier alpha value is -1.03. The van der Waals surface area contributed by atoms with Gasteiger partial charge in [-0.15, -0.1) is 0 Å². The van der Waals surface area contributed by atoms with Gasteiger partial charge in [0.15, 0.2) is 0 Å². The van der Waals surface area contributed by atoms with Gasteiger partial charge in [-0.1, -0.05) is 0 Å². The van der Waals surface area contributed by atoms with E-state index in [0.29, 0.717) is 0 Å². The van der Waals surface area contributed by atoms with E-state index in [1.54, 1.807) is 30.1 Å². The summed E-state index contributed by atoms with van der Waals surface area (Å²) in [6, 6.07) is 0.0243. The van der Waals surface area contributed by atoms with Crippen LogP contribution < -0.4 is 0 Å². The van der Waals surface area contributed by atoms with Crippen molar-refractivity contribution in [1.29, 1.82) is 0 Å². The first-order valence-corrected chi connectivity index (χ1v) is 3.88. The van der Waals surface area contributed by atoms with Crippen LogP contribution in [0.5, 0.6) is 0 Å². The van der Waals surface area contributed by atoms with E-state index in [2.05, 4.69) is 0 Å². The number of rotatable bonds is 1. The molecule has 0 fully saturated rings. The molecule has 0 bridgehead atoms. The summed E-state index contributed by atoms with van der Waals surface area (Å²) >= 11 is 0. The molecule has 1 atom stereocenters. The summed E-state index contributed by atoms with van der Waals surface area (Å²) in [6.45, 7) is 0. The largest absolute Gasteiger partial charge is 0.324 e. The van der Waals surface area contributed by atoms with Gasteiger partial charge in [0.1, 0.15) is 6.17 Å². The van der Waals surface area contributed by atoms with Gasteiger partial charge in [-0.05, 0) is 20.2 Å². The van der Waals surface area contributed by atoms with E-state index in [4.69, 9.17) is 0 Å². The van der Waals surface area contributed by atoms with Gasteiger partial charge in [-0.25, -0.2) is 4.79 Å². The Labute approximate surface area is 73.0 Å². The quantitative estimate of drug-likeness (QED) is 0.567. The summed E-state index contributed by atoms with van der Waals surface area (Å²) in [5.74, 6) is 0. The maximum atomic E-state index is 11.4. The van der Waals surface area contributed by atoms with Gasteiger partial charge in [-0.3, -0.25) is 4.90 Å². The fourth-order valence-electron chi connectivity index (χ4n) is 1.28. The lowest BCUT2D eigenvalue weighted by Crippen LogP contribution is -2.51. The van der Waals surface area contributed by atoms with Crippen LogP contribution in [0.15, 0.2) is 12.3 Å². The van der Waals surface area contributed by atoms with Gasteiger partial charge in [0, 0.05) is 20.3 Å². The highest BCUT2D eigenvalue weighted by atomic mass is 16.2. The average Bonchev–Trinajstić information content (AvgIpc) is 2.00. The maximum Gasteiger partial charge on any atom is 0.324 e. The number of carbonyl (C=O) groups excluding carboxylic acids is 1. The lowest BCUT2D eigenvalue weighted by atomic mass is 10.3. The molecule has 0 aromatic rings. The summed E-state index contributed by atoms with van der Waals surface area (Å²) in [7, 11) is 7.45. The van der Waals surface area contributed by atoms with Gasteiger partial charge < -0.3 is 9.80 Å². The van der Waals surface area contributed by atoms with E-state index in [-0.39, 0.29) is 12.2 Å². The first-order chi connectivity index (χ1) is 5.54. The number of amides is 2. The minimum absolute atomic E-state index is 0.0243. The lowest BCUT2D eigenvalue weighted by Gasteiger charge is -2.36. The molecule has 0 N–H and O–H groups in total. The van der Waals surface area contributed by atoms with Crippen LogP contribution in [0, 0.1) is 0 Å². The molecule has 0 spiro atoms. The zero-order chi connectivity index (χ0) is 9.30. The van der Waals surface area contributed by atoms with Crippen molar-refractivity contribution < 1.29 is 4.79 Å². The predicted molar refractivity (Wildman–Crippen MR) is 47.5 cm³/mol. The summed E-state index contributed by atoms with van der Waals surface area (Å²) in [4.78, 5) is 16.7. The van der Waals surface area contributed by atoms with Crippen molar-refractivity contribution in [3.05, 3.63) is 12.3 Å². The molecule has 4 nitrogen and oxygen atoms in total. The first kappa shape index (κ1) is 9.06. The van der Waals surface area contributed by atoms with Gasteiger partial charge >= 0.3 is 6.03 Å². The average molecular weight is 169 g/mol. The second-order valence-corrected chi connectivity index (χ2v) is 3.22. The molecule has 0 saturated heterocycles. The minimum Gasteiger partial charge on any atom is -0.308 e. The fraction of sp³-hybridized carbons (Fsp3) is 0.625. The molecule has 1 heterocycles. The standard InChI is InChI=1S/C8H15N3O/c1-9(2)7-5-6-10(3)8(12)11(7)4/h5-7H,1-4H3. The first-order valence-electron chi connectivity index (χ1n) is 3.88. The number of likely N-dealkylation sites (N-methyl/N-ethyl adjacent to an activating group) is 2. The third-order valence-corrected chi connectivity index (χ3v) is 2.01. The second-order valence-electron chi connectivity index (χ2n) is 3.22. The Balaban J connectivity index is 2.81. The van der Waals surface area contributed by atoms with Crippen LogP contribution in [0.4, 0.5) is 4.79 Å². The number of nitrogens with zero attached hydrogens (tertiary/aromatic N) is 3. The van der Waals surface area contributed by atoms with E-state index in [9.17, 15) is 4.79 Å². The molecule has 1 aliphatic heterocycles. The maximum absolute atomic E-state index is 11.4. The SMILES string of the molecule is CN1C=CC(N(C)C)N(C)C1=O. The van der Waals surface area contributed by atoms with E-state index in [1.165, 1.54) is 0 Å². The van der Waals surface area contributed by atoms with Gasteiger partial charge in [-0.2, -0.15) is 0 Å². The highest BCUT2D eigenvalue weighted by molar-refractivity contribution is 5.76. The Bertz CT molecular complexity index is 212. The Morgan fingerprint density at radius 3 is 2.50 bits per heavy atom. The molecule has 1 aliphatic rings. The molecule has 1 unspecified atom stereocenters. The molecule has 0 radical (unpaired) electrons. The van der Waals surface area contributed by atoms with Crippen LogP contribution in [0.2, 0.25) is 0 Å². The Kier molecular flexibility index (Phi) is 2.38. The van der Waals surface area contributed by atoms with Crippen molar-refractivity contribution >= 4 is 6.03 Å². The molecule has 0 aromatic carbocycles. The molecule has 4 heteroatoms. The normalized spacial score (nSPS) is 24.1. The molecule has 0 saturated carbocycles. The second kappa shape index (κ2) is 3.15. The zero-order valence-corrected chi connectivity index (χ0v) is 7.98. The predicted octanol–water partition coefficient (Wildman–Crippen LogP) is 0.385. The van der Waals surface area contributed by atoms with Crippen molar-refractivity contribution in [2.75, 3.05) is 28.2 Å². The molecule has 2 amide bonds. The van der Waals surface area contributed by atoms with E-state index >= 15 is 0 Å². The molecule has 68 valence electrons. The van der Waals surface area contributed by atoms with E-state index in [0.717, 1.165) is 0 Å². The Morgan fingerprint density at radius 1 is 1.42 bits per heavy atom. The summed E-state index contributed by atoms with van der Waals surface area (Å²) in [5.41, 5.74) is 0. The minimum atomic E-state index is 0.0243. The van der Waals surface area contributed by atoms with Gasteiger partial charge in [0.25, 0.3) is 0 Å². The van der Waals surface area contributed by atoms with Crippen molar-refractivity contribution in [2.24, 2.45) is 0 Å². The molecular formula is C8H15N3O. The van der Waals surface area contributed by atoms with Gasteiger partial charge in [0.2, 0.25) is 0 Å². The van der Waals surface area contributed by atoms with Crippen LogP contribution in [-0.2, 0) is 0 Å². The lowest BCUT2D eigenvalue weighted by molar-refractivity contribution is 0.122. The van der Waals surface area contributed by atoms with Crippen LogP contribution in [0.25, 0.3) is 0 Å². The van der Waals surface area contributed by atoms with Gasteiger partial charge in [0.05, 0.1) is 0 Å². The smallest absolute Gasteiger partial charge is 0.308 e. The zero-order valence-electron chi connectivity index (χ0n) is 7.98. The number of hydrogen-bond acceptors (Lipinski definition) is 2. The van der Waals surface area contributed by atoms with Crippen molar-refractivity contribution in [1.82, 2.24) is 14.7 Å². The molecule has 1 rings (SSSR count). The third kappa shape index (κ3) is 1.43. The van der Waals surface area contributed by atoms with Crippen molar-refractivity contribution in [3.63, 3.8) is 0 Å². The molecule has 0 aliphatic carbocycles. The highest BCUT2D eigenvalue weighted by Crippen LogP contribution is 2.10. The van der Waals surface area contributed by atoms with Crippen LogP contribution in [-0.4, -0.2) is 55.1 Å². The highest BCUT2D eigenvalue weighted by Gasteiger charge is 2.25. The van der Waals surface area contributed by atoms with Crippen molar-refractivity contribution in [2.45, 2.75) is 6.17 Å². The van der Waals surface area contributed by atoms with Crippen molar-refractivity contribution in [3.8, 4) is 0 Å². The number of carbonyl (C=O) groups is 1. The van der Waals surface area contributed by atoms with E-state index in [1.807, 2.05) is 25.1 Å². The summed E-state index contributed by atoms with van der Waals surface area (Å²) < 4.78 is 0. The molecule has 12 heavy (non-hydrogen) atoms. The van der Waals surface area contributed by atoms with E-state index < -0.39 is 0 Å². The summed E-state index contributed by atoms with van der Waals surface area (Å²) in [6.07, 6.45) is 3.86.